The van der Waals surface area contributed by atoms with Crippen molar-refractivity contribution in [3.8, 4) is 0 Å². The summed E-state index contributed by atoms with van der Waals surface area (Å²) in [4.78, 5) is 1.83. The number of aryl methyl sites for hydroxylation is 1. The van der Waals surface area contributed by atoms with Gasteiger partial charge in [-0.15, -0.1) is 0 Å². The van der Waals surface area contributed by atoms with Crippen molar-refractivity contribution < 1.29 is 18.3 Å². The summed E-state index contributed by atoms with van der Waals surface area (Å²) in [6.45, 7) is 1.79. The van der Waals surface area contributed by atoms with E-state index in [9.17, 15) is 18.3 Å². The van der Waals surface area contributed by atoms with E-state index in [1.807, 2.05) is 29.2 Å². The predicted octanol–water partition coefficient (Wildman–Crippen LogP) is 4.63. The first-order valence-corrected chi connectivity index (χ1v) is 7.46. The molecule has 2 unspecified atom stereocenters. The average Bonchev–Trinajstić information content (AvgIpc) is 2.84. The van der Waals surface area contributed by atoms with Crippen LogP contribution in [0, 0.1) is 6.92 Å². The Morgan fingerprint density at radius 3 is 2.39 bits per heavy atom. The van der Waals surface area contributed by atoms with Crippen molar-refractivity contribution in [2.75, 3.05) is 11.9 Å². The van der Waals surface area contributed by atoms with Gasteiger partial charge in [0.15, 0.2) is 0 Å². The second-order valence-electron chi connectivity index (χ2n) is 6.01. The van der Waals surface area contributed by atoms with Crippen molar-refractivity contribution in [2.24, 2.45) is 0 Å². The lowest BCUT2D eigenvalue weighted by atomic mass is 10.0. The molecule has 2 nitrogen and oxygen atoms in total. The number of hydrogen-bond acceptors (Lipinski definition) is 2. The third kappa shape index (κ3) is 2.81. The molecule has 1 N–H and O–H groups in total. The molecule has 0 radical (unpaired) electrons. The van der Waals surface area contributed by atoms with E-state index in [4.69, 9.17) is 0 Å². The van der Waals surface area contributed by atoms with E-state index < -0.39 is 17.8 Å². The fraction of sp³-hybridized carbons (Fsp3) is 0.333. The summed E-state index contributed by atoms with van der Waals surface area (Å²) in [5, 5.41) is 10.2. The van der Waals surface area contributed by atoms with Crippen LogP contribution in [0.15, 0.2) is 42.5 Å². The van der Waals surface area contributed by atoms with E-state index in [0.29, 0.717) is 12.1 Å². The van der Waals surface area contributed by atoms with Gasteiger partial charge in [0, 0.05) is 19.2 Å². The molecule has 5 heteroatoms. The van der Waals surface area contributed by atoms with Crippen molar-refractivity contribution in [3.05, 3.63) is 64.7 Å². The molecule has 3 rings (SSSR count). The molecule has 122 valence electrons. The van der Waals surface area contributed by atoms with Crippen LogP contribution < -0.4 is 4.90 Å². The molecule has 0 spiro atoms. The largest absolute Gasteiger partial charge is 0.416 e. The van der Waals surface area contributed by atoms with Gasteiger partial charge in [-0.1, -0.05) is 30.3 Å². The standard InChI is InChI=1S/C18H18F3NO/c1-11-7-8-12(18(19,20)21)9-15(11)22(2)16-10-17(23)14-6-4-3-5-13(14)16/h3-9,16-17,23H,10H2,1-2H3. The number of fused-ring (bicyclic) bond motifs is 1. The molecule has 0 saturated heterocycles. The zero-order chi connectivity index (χ0) is 16.8. The Morgan fingerprint density at radius 1 is 1.09 bits per heavy atom. The summed E-state index contributed by atoms with van der Waals surface area (Å²) in [5.41, 5.74) is 2.48. The molecule has 0 amide bonds. The van der Waals surface area contributed by atoms with E-state index in [2.05, 4.69) is 0 Å². The summed E-state index contributed by atoms with van der Waals surface area (Å²) in [5.74, 6) is 0. The van der Waals surface area contributed by atoms with Crippen LogP contribution >= 0.6 is 0 Å². The molecular weight excluding hydrogens is 303 g/mol. The van der Waals surface area contributed by atoms with Gasteiger partial charge in [-0.25, -0.2) is 0 Å². The Balaban J connectivity index is 2.00. The molecule has 1 aliphatic carbocycles. The van der Waals surface area contributed by atoms with Crippen LogP contribution in [-0.4, -0.2) is 12.2 Å². The maximum absolute atomic E-state index is 13.0. The van der Waals surface area contributed by atoms with Gasteiger partial charge in [0.25, 0.3) is 0 Å². The first-order valence-electron chi connectivity index (χ1n) is 7.46. The third-order valence-electron chi connectivity index (χ3n) is 4.54. The van der Waals surface area contributed by atoms with Gasteiger partial charge in [-0.3, -0.25) is 0 Å². The highest BCUT2D eigenvalue weighted by atomic mass is 19.4. The molecule has 0 fully saturated rings. The number of nitrogens with zero attached hydrogens (tertiary/aromatic N) is 1. The third-order valence-corrected chi connectivity index (χ3v) is 4.54. The highest BCUT2D eigenvalue weighted by Gasteiger charge is 2.34. The Hall–Kier alpha value is -2.01. The van der Waals surface area contributed by atoms with Crippen LogP contribution in [0.4, 0.5) is 18.9 Å². The maximum Gasteiger partial charge on any atom is 0.416 e. The molecule has 2 atom stereocenters. The monoisotopic (exact) mass is 321 g/mol. The number of alkyl halides is 3. The highest BCUT2D eigenvalue weighted by molar-refractivity contribution is 5.58. The second-order valence-corrected chi connectivity index (χ2v) is 6.01. The highest BCUT2D eigenvalue weighted by Crippen LogP contribution is 2.44. The summed E-state index contributed by atoms with van der Waals surface area (Å²) >= 11 is 0. The molecule has 2 aromatic rings. The molecule has 2 aromatic carbocycles. The quantitative estimate of drug-likeness (QED) is 0.872. The van der Waals surface area contributed by atoms with E-state index >= 15 is 0 Å². The minimum absolute atomic E-state index is 0.136. The lowest BCUT2D eigenvalue weighted by Crippen LogP contribution is -2.23. The molecule has 1 aliphatic rings. The predicted molar refractivity (Wildman–Crippen MR) is 83.3 cm³/mol. The smallest absolute Gasteiger partial charge is 0.388 e. The van der Waals surface area contributed by atoms with E-state index in [1.54, 1.807) is 14.0 Å². The van der Waals surface area contributed by atoms with E-state index in [0.717, 1.165) is 22.8 Å². The van der Waals surface area contributed by atoms with E-state index in [1.165, 1.54) is 12.1 Å². The molecule has 0 saturated carbocycles. The van der Waals surface area contributed by atoms with Crippen molar-refractivity contribution in [2.45, 2.75) is 31.7 Å². The molecule has 23 heavy (non-hydrogen) atoms. The van der Waals surface area contributed by atoms with E-state index in [-0.39, 0.29) is 6.04 Å². The first kappa shape index (κ1) is 15.9. The van der Waals surface area contributed by atoms with Gasteiger partial charge in [0.05, 0.1) is 17.7 Å². The summed E-state index contributed by atoms with van der Waals surface area (Å²) in [7, 11) is 1.78. The Morgan fingerprint density at radius 2 is 1.74 bits per heavy atom. The molecule has 0 aliphatic heterocycles. The number of rotatable bonds is 2. The van der Waals surface area contributed by atoms with Gasteiger partial charge in [-0.05, 0) is 35.7 Å². The normalized spacial score (nSPS) is 20.4. The summed E-state index contributed by atoms with van der Waals surface area (Å²) < 4.78 is 38.9. The average molecular weight is 321 g/mol. The second kappa shape index (κ2) is 5.57. The number of aliphatic hydroxyl groups excluding tert-OH is 1. The molecule has 0 heterocycles. The van der Waals surface area contributed by atoms with Crippen molar-refractivity contribution in [1.29, 1.82) is 0 Å². The first-order chi connectivity index (χ1) is 10.8. The lowest BCUT2D eigenvalue weighted by molar-refractivity contribution is -0.137. The van der Waals surface area contributed by atoms with Crippen LogP contribution in [-0.2, 0) is 6.18 Å². The molecule has 0 bridgehead atoms. The fourth-order valence-corrected chi connectivity index (χ4v) is 3.28. The molecule has 0 aromatic heterocycles. The van der Waals surface area contributed by atoms with Gasteiger partial charge < -0.3 is 10.0 Å². The SMILES string of the molecule is Cc1ccc(C(F)(F)F)cc1N(C)C1CC(O)c2ccccc21. The van der Waals surface area contributed by atoms with Crippen molar-refractivity contribution in [1.82, 2.24) is 0 Å². The van der Waals surface area contributed by atoms with Crippen LogP contribution in [0.3, 0.4) is 0 Å². The van der Waals surface area contributed by atoms with Crippen LogP contribution in [0.2, 0.25) is 0 Å². The lowest BCUT2D eigenvalue weighted by Gasteiger charge is -2.29. The number of anilines is 1. The van der Waals surface area contributed by atoms with Crippen LogP contribution in [0.25, 0.3) is 0 Å². The zero-order valence-electron chi connectivity index (χ0n) is 12.9. The van der Waals surface area contributed by atoms with Gasteiger partial charge >= 0.3 is 6.18 Å². The van der Waals surface area contributed by atoms with Gasteiger partial charge in [-0.2, -0.15) is 13.2 Å². The maximum atomic E-state index is 13.0. The van der Waals surface area contributed by atoms with Crippen LogP contribution in [0.5, 0.6) is 0 Å². The number of aliphatic hydroxyl groups is 1. The molecular formula is C18H18F3NO. The zero-order valence-corrected chi connectivity index (χ0v) is 12.9. The number of benzene rings is 2. The minimum atomic E-state index is -4.36. The van der Waals surface area contributed by atoms with Crippen molar-refractivity contribution >= 4 is 5.69 Å². The summed E-state index contributed by atoms with van der Waals surface area (Å²) in [6, 6.07) is 11.2. The van der Waals surface area contributed by atoms with Gasteiger partial charge in [0.1, 0.15) is 0 Å². The topological polar surface area (TPSA) is 23.5 Å². The fourth-order valence-electron chi connectivity index (χ4n) is 3.28. The Kier molecular flexibility index (Phi) is 3.84. The van der Waals surface area contributed by atoms with Gasteiger partial charge in [0.2, 0.25) is 0 Å². The Labute approximate surface area is 133 Å². The van der Waals surface area contributed by atoms with Crippen LogP contribution in [0.1, 0.15) is 40.8 Å². The minimum Gasteiger partial charge on any atom is -0.388 e. The number of hydrogen-bond donors (Lipinski definition) is 1. The number of halogens is 3. The van der Waals surface area contributed by atoms with Crippen molar-refractivity contribution in [3.63, 3.8) is 0 Å². The Bertz CT molecular complexity index is 726. The summed E-state index contributed by atoms with van der Waals surface area (Å²) in [6.07, 6.45) is -4.47.